The Balaban J connectivity index is 2.76. The van der Waals surface area contributed by atoms with Crippen LogP contribution in [-0.4, -0.2) is 27.3 Å². The molecular formula is C10H15FN2O2S. The van der Waals surface area contributed by atoms with Crippen LogP contribution >= 0.6 is 0 Å². The first-order valence-electron chi connectivity index (χ1n) is 4.87. The van der Waals surface area contributed by atoms with Crippen molar-refractivity contribution in [2.24, 2.45) is 0 Å². The minimum atomic E-state index is -3.42. The van der Waals surface area contributed by atoms with E-state index < -0.39 is 21.1 Å². The van der Waals surface area contributed by atoms with Crippen molar-refractivity contribution in [1.82, 2.24) is 5.32 Å². The lowest BCUT2D eigenvalue weighted by Crippen LogP contribution is -2.33. The molecule has 4 nitrogen and oxygen atoms in total. The second-order valence-corrected chi connectivity index (χ2v) is 5.62. The van der Waals surface area contributed by atoms with Gasteiger partial charge in [0, 0.05) is 12.2 Å². The fraction of sp³-hybridized carbons (Fsp3) is 0.400. The van der Waals surface area contributed by atoms with Crippen molar-refractivity contribution in [3.63, 3.8) is 0 Å². The predicted octanol–water partition coefficient (Wildman–Crippen LogP) is 1.18. The Morgan fingerprint density at radius 1 is 1.31 bits per heavy atom. The Hall–Kier alpha value is -1.14. The molecule has 1 atom stereocenters. The Bertz CT molecular complexity index is 431. The molecule has 1 aromatic rings. The van der Waals surface area contributed by atoms with Crippen LogP contribution in [0.4, 0.5) is 10.1 Å². The molecule has 0 saturated heterocycles. The third kappa shape index (κ3) is 3.46. The highest BCUT2D eigenvalue weighted by Gasteiger charge is 2.19. The third-order valence-electron chi connectivity index (χ3n) is 2.13. The molecule has 90 valence electrons. The lowest BCUT2D eigenvalue weighted by Gasteiger charge is -2.14. The van der Waals surface area contributed by atoms with Gasteiger partial charge in [-0.3, -0.25) is 4.72 Å². The molecule has 0 fully saturated rings. The molecule has 0 aliphatic rings. The Morgan fingerprint density at radius 2 is 1.88 bits per heavy atom. The quantitative estimate of drug-likeness (QED) is 0.820. The highest BCUT2D eigenvalue weighted by Crippen LogP contribution is 2.12. The number of sulfonamides is 1. The van der Waals surface area contributed by atoms with Crippen LogP contribution in [-0.2, 0) is 10.0 Å². The molecule has 0 saturated carbocycles. The maximum absolute atomic E-state index is 12.6. The van der Waals surface area contributed by atoms with Gasteiger partial charge in [-0.05, 0) is 38.2 Å². The Labute approximate surface area is 94.9 Å². The first-order chi connectivity index (χ1) is 7.45. The summed E-state index contributed by atoms with van der Waals surface area (Å²) in [6, 6.07) is 5.19. The van der Waals surface area contributed by atoms with Gasteiger partial charge in [-0.25, -0.2) is 12.8 Å². The standard InChI is InChI=1S/C10H15FN2O2S/c1-8(7-12-2)16(14,15)13-10-5-3-9(11)4-6-10/h3-6,8,12-13H,7H2,1-2H3. The zero-order valence-electron chi connectivity index (χ0n) is 9.20. The summed E-state index contributed by atoms with van der Waals surface area (Å²) < 4.78 is 38.5. The average Bonchev–Trinajstić information content (AvgIpc) is 2.21. The first kappa shape index (κ1) is 12.9. The van der Waals surface area contributed by atoms with Crippen molar-refractivity contribution in [1.29, 1.82) is 0 Å². The van der Waals surface area contributed by atoms with E-state index in [9.17, 15) is 12.8 Å². The molecule has 0 bridgehead atoms. The molecule has 0 radical (unpaired) electrons. The van der Waals surface area contributed by atoms with Crippen molar-refractivity contribution in [3.8, 4) is 0 Å². The lowest BCUT2D eigenvalue weighted by molar-refractivity contribution is 0.583. The van der Waals surface area contributed by atoms with Crippen LogP contribution in [0.3, 0.4) is 0 Å². The summed E-state index contributed by atoms with van der Waals surface area (Å²) in [7, 11) is -1.74. The van der Waals surface area contributed by atoms with Gasteiger partial charge in [0.2, 0.25) is 10.0 Å². The molecule has 0 amide bonds. The number of hydrogen-bond donors (Lipinski definition) is 2. The molecule has 0 aromatic heterocycles. The molecule has 16 heavy (non-hydrogen) atoms. The molecule has 1 rings (SSSR count). The second-order valence-electron chi connectivity index (χ2n) is 3.52. The summed E-state index contributed by atoms with van der Waals surface area (Å²) >= 11 is 0. The van der Waals surface area contributed by atoms with Gasteiger partial charge in [0.15, 0.2) is 0 Å². The van der Waals surface area contributed by atoms with Gasteiger partial charge in [-0.2, -0.15) is 0 Å². The van der Waals surface area contributed by atoms with E-state index in [1.165, 1.54) is 24.3 Å². The number of benzene rings is 1. The fourth-order valence-corrected chi connectivity index (χ4v) is 2.23. The summed E-state index contributed by atoms with van der Waals surface area (Å²) in [5.74, 6) is -0.397. The van der Waals surface area contributed by atoms with E-state index in [4.69, 9.17) is 0 Å². The number of hydrogen-bond acceptors (Lipinski definition) is 3. The van der Waals surface area contributed by atoms with Gasteiger partial charge < -0.3 is 5.32 Å². The van der Waals surface area contributed by atoms with Gasteiger partial charge in [-0.15, -0.1) is 0 Å². The molecule has 1 unspecified atom stereocenters. The number of anilines is 1. The SMILES string of the molecule is CNCC(C)S(=O)(=O)Nc1ccc(F)cc1. The summed E-state index contributed by atoms with van der Waals surface area (Å²) in [6.07, 6.45) is 0. The Morgan fingerprint density at radius 3 is 2.38 bits per heavy atom. The van der Waals surface area contributed by atoms with Crippen molar-refractivity contribution in [2.45, 2.75) is 12.2 Å². The molecule has 0 spiro atoms. The number of halogens is 1. The summed E-state index contributed by atoms with van der Waals surface area (Å²) in [5, 5.41) is 2.24. The zero-order chi connectivity index (χ0) is 12.2. The fourth-order valence-electron chi connectivity index (χ4n) is 1.18. The predicted molar refractivity (Wildman–Crippen MR) is 62.3 cm³/mol. The first-order valence-corrected chi connectivity index (χ1v) is 6.42. The molecule has 0 heterocycles. The zero-order valence-corrected chi connectivity index (χ0v) is 10.0. The molecule has 2 N–H and O–H groups in total. The van der Waals surface area contributed by atoms with Gasteiger partial charge in [0.25, 0.3) is 0 Å². The normalized spacial score (nSPS) is 13.4. The van der Waals surface area contributed by atoms with Crippen molar-refractivity contribution >= 4 is 15.7 Å². The molecule has 6 heteroatoms. The largest absolute Gasteiger partial charge is 0.318 e. The number of nitrogens with one attached hydrogen (secondary N) is 2. The van der Waals surface area contributed by atoms with Crippen molar-refractivity contribution in [2.75, 3.05) is 18.3 Å². The number of rotatable bonds is 5. The van der Waals surface area contributed by atoms with Crippen molar-refractivity contribution in [3.05, 3.63) is 30.1 Å². The van der Waals surface area contributed by atoms with Crippen LogP contribution in [0.15, 0.2) is 24.3 Å². The van der Waals surface area contributed by atoms with Gasteiger partial charge in [-0.1, -0.05) is 0 Å². The summed E-state index contributed by atoms with van der Waals surface area (Å²) in [6.45, 7) is 1.96. The van der Waals surface area contributed by atoms with Gasteiger partial charge in [0.05, 0.1) is 5.25 Å². The molecular weight excluding hydrogens is 231 g/mol. The maximum Gasteiger partial charge on any atom is 0.236 e. The van der Waals surface area contributed by atoms with E-state index in [0.717, 1.165) is 0 Å². The van der Waals surface area contributed by atoms with Crippen molar-refractivity contribution < 1.29 is 12.8 Å². The van der Waals surface area contributed by atoms with Crippen LogP contribution in [0.5, 0.6) is 0 Å². The van der Waals surface area contributed by atoms with E-state index in [2.05, 4.69) is 10.0 Å². The lowest BCUT2D eigenvalue weighted by atomic mass is 10.3. The second kappa shape index (κ2) is 5.27. The monoisotopic (exact) mass is 246 g/mol. The average molecular weight is 246 g/mol. The van der Waals surface area contributed by atoms with Crippen LogP contribution < -0.4 is 10.0 Å². The molecule has 1 aromatic carbocycles. The third-order valence-corrected chi connectivity index (χ3v) is 3.87. The summed E-state index contributed by atoms with van der Waals surface area (Å²) in [5.41, 5.74) is 0.365. The van der Waals surface area contributed by atoms with E-state index in [-0.39, 0.29) is 0 Å². The summed E-state index contributed by atoms with van der Waals surface area (Å²) in [4.78, 5) is 0. The van der Waals surface area contributed by atoms with Gasteiger partial charge >= 0.3 is 0 Å². The minimum absolute atomic E-state index is 0.358. The topological polar surface area (TPSA) is 58.2 Å². The highest BCUT2D eigenvalue weighted by molar-refractivity contribution is 7.93. The van der Waals surface area contributed by atoms with Crippen LogP contribution in [0.1, 0.15) is 6.92 Å². The van der Waals surface area contributed by atoms with Crippen LogP contribution in [0, 0.1) is 5.82 Å². The van der Waals surface area contributed by atoms with Crippen LogP contribution in [0.2, 0.25) is 0 Å². The van der Waals surface area contributed by atoms with Crippen LogP contribution in [0.25, 0.3) is 0 Å². The van der Waals surface area contributed by atoms with Gasteiger partial charge in [0.1, 0.15) is 5.82 Å². The maximum atomic E-state index is 12.6. The smallest absolute Gasteiger partial charge is 0.236 e. The minimum Gasteiger partial charge on any atom is -0.318 e. The molecule has 0 aliphatic carbocycles. The van der Waals surface area contributed by atoms with E-state index in [1.54, 1.807) is 14.0 Å². The Kier molecular flexibility index (Phi) is 4.26. The van der Waals surface area contributed by atoms with E-state index in [0.29, 0.717) is 12.2 Å². The molecule has 0 aliphatic heterocycles. The van der Waals surface area contributed by atoms with E-state index >= 15 is 0 Å². The van der Waals surface area contributed by atoms with E-state index in [1.807, 2.05) is 0 Å². The highest BCUT2D eigenvalue weighted by atomic mass is 32.2.